The summed E-state index contributed by atoms with van der Waals surface area (Å²) in [4.78, 5) is 23.2. The standard InChI is InChI=1S/C16H23N3O5/c1-11(2)14(15(19(22)10-17)24-12(3)20)18-16(21)23-9-13-7-5-4-6-8-13/h4-8,10-11,14-15,17,22H,9H2,1-3H3,(H,18,21)/t14-,15?/m0/s1. The molecular formula is C16H23N3O5. The maximum absolute atomic E-state index is 12.0. The van der Waals surface area contributed by atoms with Crippen LogP contribution in [-0.4, -0.2) is 40.9 Å². The van der Waals surface area contributed by atoms with E-state index >= 15 is 0 Å². The Bertz CT molecular complexity index is 550. The molecule has 0 aromatic heterocycles. The van der Waals surface area contributed by atoms with Crippen molar-refractivity contribution in [1.29, 1.82) is 5.41 Å². The Morgan fingerprint density at radius 1 is 1.33 bits per heavy atom. The highest BCUT2D eigenvalue weighted by atomic mass is 16.6. The maximum Gasteiger partial charge on any atom is 0.407 e. The average Bonchev–Trinajstić information content (AvgIpc) is 2.55. The van der Waals surface area contributed by atoms with Crippen molar-refractivity contribution < 1.29 is 24.3 Å². The molecule has 1 aromatic carbocycles. The van der Waals surface area contributed by atoms with Crippen LogP contribution in [0.4, 0.5) is 4.79 Å². The van der Waals surface area contributed by atoms with Crippen LogP contribution >= 0.6 is 0 Å². The van der Waals surface area contributed by atoms with Crippen molar-refractivity contribution in [2.24, 2.45) is 5.92 Å². The molecule has 8 heteroatoms. The Labute approximate surface area is 140 Å². The molecule has 0 aliphatic carbocycles. The van der Waals surface area contributed by atoms with E-state index in [9.17, 15) is 14.8 Å². The quantitative estimate of drug-likeness (QED) is 0.220. The monoisotopic (exact) mass is 337 g/mol. The fourth-order valence-corrected chi connectivity index (χ4v) is 2.00. The number of nitrogens with zero attached hydrogens (tertiary/aromatic N) is 1. The van der Waals surface area contributed by atoms with Crippen molar-refractivity contribution in [3.05, 3.63) is 35.9 Å². The number of carbonyl (C=O) groups excluding carboxylic acids is 2. The molecule has 0 saturated carbocycles. The lowest BCUT2D eigenvalue weighted by molar-refractivity contribution is -0.191. The summed E-state index contributed by atoms with van der Waals surface area (Å²) in [5.74, 6) is -0.848. The molecule has 0 saturated heterocycles. The second-order valence-corrected chi connectivity index (χ2v) is 5.48. The number of hydrogen-bond acceptors (Lipinski definition) is 6. The lowest BCUT2D eigenvalue weighted by Gasteiger charge is -2.33. The van der Waals surface area contributed by atoms with E-state index in [0.29, 0.717) is 11.4 Å². The first-order valence-electron chi connectivity index (χ1n) is 7.47. The molecule has 0 spiro atoms. The molecule has 1 aromatic rings. The summed E-state index contributed by atoms with van der Waals surface area (Å²) in [6.07, 6.45) is -1.35. The van der Waals surface area contributed by atoms with Crippen molar-refractivity contribution in [2.45, 2.75) is 39.6 Å². The van der Waals surface area contributed by atoms with E-state index in [1.54, 1.807) is 13.8 Å². The first-order chi connectivity index (χ1) is 11.3. The molecule has 0 radical (unpaired) electrons. The lowest BCUT2D eigenvalue weighted by Crippen LogP contribution is -2.54. The van der Waals surface area contributed by atoms with Crippen LogP contribution < -0.4 is 5.32 Å². The zero-order valence-electron chi connectivity index (χ0n) is 13.9. The van der Waals surface area contributed by atoms with Gasteiger partial charge in [0.1, 0.15) is 12.9 Å². The number of hydroxylamine groups is 2. The van der Waals surface area contributed by atoms with Crippen LogP contribution in [0.25, 0.3) is 0 Å². The molecule has 2 atom stereocenters. The van der Waals surface area contributed by atoms with Gasteiger partial charge in [-0.15, -0.1) is 0 Å². The number of ether oxygens (including phenoxy) is 2. The summed E-state index contributed by atoms with van der Waals surface area (Å²) < 4.78 is 10.1. The number of amides is 1. The number of carbonyl (C=O) groups is 2. The number of esters is 1. The van der Waals surface area contributed by atoms with Crippen LogP contribution in [0, 0.1) is 11.3 Å². The Kier molecular flexibility index (Phi) is 7.70. The van der Waals surface area contributed by atoms with Gasteiger partial charge in [-0.1, -0.05) is 44.2 Å². The predicted molar refractivity (Wildman–Crippen MR) is 86.4 cm³/mol. The number of benzene rings is 1. The highest BCUT2D eigenvalue weighted by Crippen LogP contribution is 2.13. The Morgan fingerprint density at radius 3 is 2.46 bits per heavy atom. The van der Waals surface area contributed by atoms with Gasteiger partial charge < -0.3 is 14.8 Å². The molecule has 0 aliphatic rings. The van der Waals surface area contributed by atoms with Crippen molar-refractivity contribution in [1.82, 2.24) is 10.4 Å². The van der Waals surface area contributed by atoms with Gasteiger partial charge in [-0.2, -0.15) is 0 Å². The molecule has 8 nitrogen and oxygen atoms in total. The smallest absolute Gasteiger partial charge is 0.407 e. The minimum atomic E-state index is -1.23. The SMILES string of the molecule is CC(=O)OC([C@@H](NC(=O)OCc1ccccc1)C(C)C)N(O)C=N. The van der Waals surface area contributed by atoms with Crippen molar-refractivity contribution in [3.8, 4) is 0 Å². The van der Waals surface area contributed by atoms with Crippen LogP contribution in [0.15, 0.2) is 30.3 Å². The Morgan fingerprint density at radius 2 is 1.96 bits per heavy atom. The van der Waals surface area contributed by atoms with Crippen LogP contribution in [0.5, 0.6) is 0 Å². The fourth-order valence-electron chi connectivity index (χ4n) is 2.00. The highest BCUT2D eigenvalue weighted by molar-refractivity contribution is 5.69. The molecule has 0 fully saturated rings. The Hall–Kier alpha value is -2.61. The van der Waals surface area contributed by atoms with E-state index in [-0.39, 0.29) is 12.5 Å². The van der Waals surface area contributed by atoms with Gasteiger partial charge in [0.25, 0.3) is 0 Å². The first kappa shape index (κ1) is 19.4. The lowest BCUT2D eigenvalue weighted by atomic mass is 10.0. The molecular weight excluding hydrogens is 314 g/mol. The molecule has 3 N–H and O–H groups in total. The summed E-state index contributed by atoms with van der Waals surface area (Å²) >= 11 is 0. The van der Waals surface area contributed by atoms with E-state index in [2.05, 4.69) is 5.32 Å². The molecule has 0 heterocycles. The molecule has 1 rings (SSSR count). The Balaban J connectivity index is 2.73. The number of hydrogen-bond donors (Lipinski definition) is 3. The molecule has 132 valence electrons. The molecule has 1 amide bonds. The topological polar surface area (TPSA) is 112 Å². The van der Waals surface area contributed by atoms with Gasteiger partial charge in [-0.05, 0) is 11.5 Å². The zero-order chi connectivity index (χ0) is 18.1. The number of alkyl carbamates (subject to hydrolysis) is 1. The average molecular weight is 337 g/mol. The summed E-state index contributed by atoms with van der Waals surface area (Å²) in [5.41, 5.74) is 0.827. The van der Waals surface area contributed by atoms with Crippen molar-refractivity contribution >= 4 is 18.4 Å². The van der Waals surface area contributed by atoms with Gasteiger partial charge in [0.2, 0.25) is 6.23 Å². The maximum atomic E-state index is 12.0. The highest BCUT2D eigenvalue weighted by Gasteiger charge is 2.33. The summed E-state index contributed by atoms with van der Waals surface area (Å²) in [7, 11) is 0. The minimum Gasteiger partial charge on any atom is -0.445 e. The number of rotatable bonds is 8. The molecule has 0 bridgehead atoms. The van der Waals surface area contributed by atoms with Gasteiger partial charge >= 0.3 is 12.1 Å². The zero-order valence-corrected chi connectivity index (χ0v) is 13.9. The van der Waals surface area contributed by atoms with Gasteiger partial charge in [0.05, 0.1) is 6.04 Å². The predicted octanol–water partition coefficient (Wildman–Crippen LogP) is 2.12. The summed E-state index contributed by atoms with van der Waals surface area (Å²) in [6, 6.07) is 8.38. The summed E-state index contributed by atoms with van der Waals surface area (Å²) in [5, 5.41) is 19.8. The van der Waals surface area contributed by atoms with E-state index in [4.69, 9.17) is 14.9 Å². The number of nitrogens with one attached hydrogen (secondary N) is 2. The van der Waals surface area contributed by atoms with Gasteiger partial charge in [-0.25, -0.2) is 9.86 Å². The molecule has 1 unspecified atom stereocenters. The van der Waals surface area contributed by atoms with Crippen LogP contribution in [0.3, 0.4) is 0 Å². The van der Waals surface area contributed by atoms with Gasteiger partial charge in [0.15, 0.2) is 0 Å². The molecule has 0 aliphatic heterocycles. The second kappa shape index (κ2) is 9.51. The van der Waals surface area contributed by atoms with E-state index in [1.807, 2.05) is 30.3 Å². The van der Waals surface area contributed by atoms with Gasteiger partial charge in [-0.3, -0.25) is 15.4 Å². The third kappa shape index (κ3) is 6.25. The van der Waals surface area contributed by atoms with E-state index < -0.39 is 24.3 Å². The largest absolute Gasteiger partial charge is 0.445 e. The third-order valence-corrected chi connectivity index (χ3v) is 3.20. The van der Waals surface area contributed by atoms with E-state index in [0.717, 1.165) is 5.56 Å². The second-order valence-electron chi connectivity index (χ2n) is 5.48. The van der Waals surface area contributed by atoms with Crippen LogP contribution in [0.2, 0.25) is 0 Å². The van der Waals surface area contributed by atoms with Gasteiger partial charge in [0, 0.05) is 6.92 Å². The molecule has 24 heavy (non-hydrogen) atoms. The minimum absolute atomic E-state index is 0.0864. The fraction of sp³-hybridized carbons (Fsp3) is 0.438. The third-order valence-electron chi connectivity index (χ3n) is 3.20. The first-order valence-corrected chi connectivity index (χ1v) is 7.47. The summed E-state index contributed by atoms with van der Waals surface area (Å²) in [6.45, 7) is 4.81. The van der Waals surface area contributed by atoms with Crippen LogP contribution in [0.1, 0.15) is 26.3 Å². The van der Waals surface area contributed by atoms with E-state index in [1.165, 1.54) is 6.92 Å². The van der Waals surface area contributed by atoms with Crippen molar-refractivity contribution in [2.75, 3.05) is 0 Å². The normalized spacial score (nSPS) is 12.9. The van der Waals surface area contributed by atoms with Crippen LogP contribution in [-0.2, 0) is 20.9 Å². The van der Waals surface area contributed by atoms with Crippen molar-refractivity contribution in [3.63, 3.8) is 0 Å².